The number of likely N-dealkylation sites (N-methyl/N-ethyl adjacent to an activating group) is 3. The van der Waals surface area contributed by atoms with E-state index < -0.39 is 0 Å². The largest absolute Gasteiger partial charge is 0.313 e. The standard InChI is InChI=1S/C11H27N3/c1-6-11(12-7-2)10-14(5)9-8-13(3)4/h11-12H,6-10H2,1-5H3. The van der Waals surface area contributed by atoms with Crippen molar-refractivity contribution in [2.45, 2.75) is 26.3 Å². The lowest BCUT2D eigenvalue weighted by Gasteiger charge is -2.24. The molecular formula is C11H27N3. The van der Waals surface area contributed by atoms with Gasteiger partial charge in [0.15, 0.2) is 0 Å². The van der Waals surface area contributed by atoms with Crippen LogP contribution in [0.25, 0.3) is 0 Å². The highest BCUT2D eigenvalue weighted by Gasteiger charge is 2.07. The fourth-order valence-electron chi connectivity index (χ4n) is 1.46. The Morgan fingerprint density at radius 2 is 1.71 bits per heavy atom. The summed E-state index contributed by atoms with van der Waals surface area (Å²) in [5, 5.41) is 3.50. The molecule has 0 bridgehead atoms. The quantitative estimate of drug-likeness (QED) is 0.628. The zero-order chi connectivity index (χ0) is 11.0. The molecule has 1 N–H and O–H groups in total. The Labute approximate surface area is 89.5 Å². The van der Waals surface area contributed by atoms with E-state index in [1.54, 1.807) is 0 Å². The van der Waals surface area contributed by atoms with E-state index in [1.807, 2.05) is 0 Å². The Morgan fingerprint density at radius 1 is 1.07 bits per heavy atom. The monoisotopic (exact) mass is 201 g/mol. The molecule has 14 heavy (non-hydrogen) atoms. The molecule has 1 atom stereocenters. The minimum Gasteiger partial charge on any atom is -0.313 e. The maximum Gasteiger partial charge on any atom is 0.0192 e. The summed E-state index contributed by atoms with van der Waals surface area (Å²) >= 11 is 0. The van der Waals surface area contributed by atoms with Crippen molar-refractivity contribution in [3.63, 3.8) is 0 Å². The van der Waals surface area contributed by atoms with Crippen molar-refractivity contribution in [1.82, 2.24) is 15.1 Å². The predicted molar refractivity (Wildman–Crippen MR) is 63.8 cm³/mol. The van der Waals surface area contributed by atoms with E-state index in [2.05, 4.69) is 50.1 Å². The number of nitrogens with zero attached hydrogens (tertiary/aromatic N) is 2. The van der Waals surface area contributed by atoms with E-state index in [9.17, 15) is 0 Å². The minimum absolute atomic E-state index is 0.646. The van der Waals surface area contributed by atoms with Crippen LogP contribution in [0.5, 0.6) is 0 Å². The first-order chi connectivity index (χ1) is 6.60. The molecule has 3 heteroatoms. The smallest absolute Gasteiger partial charge is 0.0192 e. The van der Waals surface area contributed by atoms with Crippen LogP contribution in [0, 0.1) is 0 Å². The molecule has 0 rings (SSSR count). The lowest BCUT2D eigenvalue weighted by atomic mass is 10.2. The highest BCUT2D eigenvalue weighted by atomic mass is 15.2. The van der Waals surface area contributed by atoms with Crippen molar-refractivity contribution in [1.29, 1.82) is 0 Å². The summed E-state index contributed by atoms with van der Waals surface area (Å²) in [5.41, 5.74) is 0. The van der Waals surface area contributed by atoms with Crippen LogP contribution in [0.3, 0.4) is 0 Å². The lowest BCUT2D eigenvalue weighted by molar-refractivity contribution is 0.254. The molecule has 0 aromatic rings. The second kappa shape index (κ2) is 8.21. The van der Waals surface area contributed by atoms with E-state index in [4.69, 9.17) is 0 Å². The SMILES string of the molecule is CCNC(CC)CN(C)CCN(C)C. The first-order valence-electron chi connectivity index (χ1n) is 5.66. The Kier molecular flexibility index (Phi) is 8.14. The Balaban J connectivity index is 3.61. The molecule has 0 aliphatic rings. The summed E-state index contributed by atoms with van der Waals surface area (Å²) < 4.78 is 0. The topological polar surface area (TPSA) is 18.5 Å². The molecule has 0 spiro atoms. The summed E-state index contributed by atoms with van der Waals surface area (Å²) in [5.74, 6) is 0. The van der Waals surface area contributed by atoms with Gasteiger partial charge < -0.3 is 15.1 Å². The van der Waals surface area contributed by atoms with Gasteiger partial charge in [-0.15, -0.1) is 0 Å². The third-order valence-corrected chi connectivity index (χ3v) is 2.45. The van der Waals surface area contributed by atoms with Crippen molar-refractivity contribution in [3.8, 4) is 0 Å². The Morgan fingerprint density at radius 3 is 2.14 bits per heavy atom. The molecule has 0 radical (unpaired) electrons. The molecule has 0 saturated carbocycles. The van der Waals surface area contributed by atoms with Crippen molar-refractivity contribution < 1.29 is 0 Å². The van der Waals surface area contributed by atoms with Gasteiger partial charge in [-0.25, -0.2) is 0 Å². The van der Waals surface area contributed by atoms with E-state index in [0.717, 1.165) is 26.2 Å². The Hall–Kier alpha value is -0.120. The third kappa shape index (κ3) is 7.30. The molecular weight excluding hydrogens is 174 g/mol. The predicted octanol–water partition coefficient (Wildman–Crippen LogP) is 0.868. The maximum atomic E-state index is 3.50. The average Bonchev–Trinajstić information content (AvgIpc) is 2.14. The molecule has 3 nitrogen and oxygen atoms in total. The number of hydrogen-bond donors (Lipinski definition) is 1. The van der Waals surface area contributed by atoms with Crippen LogP contribution in [0.4, 0.5) is 0 Å². The van der Waals surface area contributed by atoms with Gasteiger partial charge in [0.25, 0.3) is 0 Å². The van der Waals surface area contributed by atoms with E-state index in [0.29, 0.717) is 6.04 Å². The van der Waals surface area contributed by atoms with Gasteiger partial charge in [0, 0.05) is 25.7 Å². The van der Waals surface area contributed by atoms with Crippen molar-refractivity contribution in [2.75, 3.05) is 47.3 Å². The van der Waals surface area contributed by atoms with Crippen LogP contribution < -0.4 is 5.32 Å². The van der Waals surface area contributed by atoms with Gasteiger partial charge in [-0.05, 0) is 34.1 Å². The highest BCUT2D eigenvalue weighted by Crippen LogP contribution is 1.94. The molecule has 0 heterocycles. The maximum absolute atomic E-state index is 3.50. The molecule has 86 valence electrons. The van der Waals surface area contributed by atoms with Gasteiger partial charge in [0.2, 0.25) is 0 Å². The summed E-state index contributed by atoms with van der Waals surface area (Å²) in [6.45, 7) is 8.92. The van der Waals surface area contributed by atoms with Gasteiger partial charge in [-0.3, -0.25) is 0 Å². The molecule has 1 unspecified atom stereocenters. The van der Waals surface area contributed by atoms with Crippen LogP contribution in [-0.2, 0) is 0 Å². The summed E-state index contributed by atoms with van der Waals surface area (Å²) in [7, 11) is 6.44. The van der Waals surface area contributed by atoms with Crippen molar-refractivity contribution in [3.05, 3.63) is 0 Å². The second-order valence-electron chi connectivity index (χ2n) is 4.23. The highest BCUT2D eigenvalue weighted by molar-refractivity contribution is 4.68. The second-order valence-corrected chi connectivity index (χ2v) is 4.23. The molecule has 0 aliphatic carbocycles. The number of rotatable bonds is 8. The molecule has 0 aliphatic heterocycles. The summed E-state index contributed by atoms with van der Waals surface area (Å²) in [4.78, 5) is 4.63. The molecule has 0 fully saturated rings. The van der Waals surface area contributed by atoms with Crippen molar-refractivity contribution in [2.24, 2.45) is 0 Å². The lowest BCUT2D eigenvalue weighted by Crippen LogP contribution is -2.41. The molecule has 0 aromatic heterocycles. The fourth-order valence-corrected chi connectivity index (χ4v) is 1.46. The zero-order valence-electron chi connectivity index (χ0n) is 10.5. The van der Waals surface area contributed by atoms with Gasteiger partial charge in [0.05, 0.1) is 0 Å². The van der Waals surface area contributed by atoms with Crippen LogP contribution in [-0.4, -0.2) is 63.2 Å². The molecule has 0 saturated heterocycles. The van der Waals surface area contributed by atoms with E-state index >= 15 is 0 Å². The van der Waals surface area contributed by atoms with Crippen LogP contribution in [0.1, 0.15) is 20.3 Å². The van der Waals surface area contributed by atoms with Gasteiger partial charge in [-0.2, -0.15) is 0 Å². The third-order valence-electron chi connectivity index (χ3n) is 2.45. The fraction of sp³-hybridized carbons (Fsp3) is 1.00. The number of nitrogens with one attached hydrogen (secondary N) is 1. The van der Waals surface area contributed by atoms with E-state index in [1.165, 1.54) is 6.42 Å². The number of hydrogen-bond acceptors (Lipinski definition) is 3. The van der Waals surface area contributed by atoms with Gasteiger partial charge in [0.1, 0.15) is 0 Å². The minimum atomic E-state index is 0.646. The molecule has 0 amide bonds. The zero-order valence-corrected chi connectivity index (χ0v) is 10.5. The first kappa shape index (κ1) is 13.9. The average molecular weight is 201 g/mol. The van der Waals surface area contributed by atoms with Gasteiger partial charge >= 0.3 is 0 Å². The van der Waals surface area contributed by atoms with Gasteiger partial charge in [-0.1, -0.05) is 13.8 Å². The normalized spacial score (nSPS) is 13.9. The van der Waals surface area contributed by atoms with Crippen LogP contribution in [0.15, 0.2) is 0 Å². The van der Waals surface area contributed by atoms with Crippen LogP contribution >= 0.6 is 0 Å². The first-order valence-corrected chi connectivity index (χ1v) is 5.66. The van der Waals surface area contributed by atoms with Crippen molar-refractivity contribution >= 4 is 0 Å². The summed E-state index contributed by atoms with van der Waals surface area (Å²) in [6, 6.07) is 0.646. The molecule has 0 aromatic carbocycles. The van der Waals surface area contributed by atoms with E-state index in [-0.39, 0.29) is 0 Å². The summed E-state index contributed by atoms with van der Waals surface area (Å²) in [6.07, 6.45) is 1.21. The van der Waals surface area contributed by atoms with Crippen LogP contribution in [0.2, 0.25) is 0 Å². The Bertz CT molecular complexity index is 126.